The molecule has 0 saturated carbocycles. The molecule has 5 nitrogen and oxygen atoms in total. The summed E-state index contributed by atoms with van der Waals surface area (Å²) >= 11 is 3.44. The van der Waals surface area contributed by atoms with Crippen LogP contribution in [-0.4, -0.2) is 20.9 Å². The minimum Gasteiger partial charge on any atom is -0.493 e. The number of hydrogen-bond acceptors (Lipinski definition) is 3. The standard InChI is InChI=1S/C18H12BrN3O2/c19-12-6-7-15-14(9-12)11(10-20-15)8-16-17(23)22(18(24)21-16)13-4-2-1-3-5-13/h1-10,23H,(H,21,24)/b11-8+. The monoisotopic (exact) mass is 381 g/mol. The van der Waals surface area contributed by atoms with Crippen LogP contribution in [0.2, 0.25) is 0 Å². The van der Waals surface area contributed by atoms with Crippen molar-refractivity contribution in [2.75, 3.05) is 0 Å². The summed E-state index contributed by atoms with van der Waals surface area (Å²) in [4.78, 5) is 19.2. The molecule has 118 valence electrons. The van der Waals surface area contributed by atoms with E-state index < -0.39 is 5.69 Å². The van der Waals surface area contributed by atoms with Gasteiger partial charge in [0.05, 0.1) is 11.4 Å². The number of imidazole rings is 1. The number of allylic oxidation sites excluding steroid dienone is 1. The molecule has 24 heavy (non-hydrogen) atoms. The lowest BCUT2D eigenvalue weighted by Crippen LogP contribution is -2.14. The number of aromatic amines is 1. The van der Waals surface area contributed by atoms with E-state index in [1.165, 1.54) is 4.57 Å². The average Bonchev–Trinajstić information content (AvgIpc) is 3.09. The third kappa shape index (κ3) is 2.41. The highest BCUT2D eigenvalue weighted by Crippen LogP contribution is 2.35. The molecular weight excluding hydrogens is 370 g/mol. The number of aromatic nitrogens is 2. The van der Waals surface area contributed by atoms with Gasteiger partial charge in [-0.15, -0.1) is 0 Å². The van der Waals surface area contributed by atoms with E-state index in [2.05, 4.69) is 25.9 Å². The third-order valence-electron chi connectivity index (χ3n) is 3.82. The van der Waals surface area contributed by atoms with Gasteiger partial charge in [-0.2, -0.15) is 0 Å². The van der Waals surface area contributed by atoms with Gasteiger partial charge in [-0.05, 0) is 36.4 Å². The molecule has 4 rings (SSSR count). The summed E-state index contributed by atoms with van der Waals surface area (Å²) in [5.41, 5.74) is 3.17. The van der Waals surface area contributed by atoms with Gasteiger partial charge in [-0.25, -0.2) is 9.36 Å². The Morgan fingerprint density at radius 2 is 1.96 bits per heavy atom. The van der Waals surface area contributed by atoms with E-state index >= 15 is 0 Å². The highest BCUT2D eigenvalue weighted by atomic mass is 79.9. The first-order valence-electron chi connectivity index (χ1n) is 7.28. The Morgan fingerprint density at radius 1 is 1.17 bits per heavy atom. The number of H-pyrrole nitrogens is 1. The van der Waals surface area contributed by atoms with E-state index in [4.69, 9.17) is 0 Å². The van der Waals surface area contributed by atoms with Gasteiger partial charge in [0.2, 0.25) is 5.88 Å². The Labute approximate surface area is 145 Å². The molecule has 0 saturated heterocycles. The van der Waals surface area contributed by atoms with Gasteiger partial charge in [-0.1, -0.05) is 34.1 Å². The van der Waals surface area contributed by atoms with Crippen LogP contribution in [0.4, 0.5) is 5.69 Å². The molecule has 2 heterocycles. The quantitative estimate of drug-likeness (QED) is 0.706. The average molecular weight is 382 g/mol. The number of halogens is 1. The zero-order valence-electron chi connectivity index (χ0n) is 12.4. The van der Waals surface area contributed by atoms with E-state index in [1.54, 1.807) is 24.4 Å². The Morgan fingerprint density at radius 3 is 2.75 bits per heavy atom. The highest BCUT2D eigenvalue weighted by Gasteiger charge is 2.17. The molecule has 3 aromatic rings. The molecule has 1 aromatic heterocycles. The number of hydrogen-bond donors (Lipinski definition) is 2. The molecular formula is C18H12BrN3O2. The second-order valence-corrected chi connectivity index (χ2v) is 6.27. The molecule has 6 heteroatoms. The zero-order valence-corrected chi connectivity index (χ0v) is 14.0. The number of rotatable bonds is 2. The van der Waals surface area contributed by atoms with Crippen molar-refractivity contribution in [3.8, 4) is 11.6 Å². The summed E-state index contributed by atoms with van der Waals surface area (Å²) in [6.45, 7) is 0. The lowest BCUT2D eigenvalue weighted by Gasteiger charge is -2.03. The summed E-state index contributed by atoms with van der Waals surface area (Å²) < 4.78 is 2.18. The maximum absolute atomic E-state index is 12.2. The topological polar surface area (TPSA) is 70.4 Å². The second kappa shape index (κ2) is 5.65. The van der Waals surface area contributed by atoms with Crippen molar-refractivity contribution < 1.29 is 5.11 Å². The molecule has 2 aromatic carbocycles. The number of nitrogens with zero attached hydrogens (tertiary/aromatic N) is 2. The minimum atomic E-state index is -0.394. The highest BCUT2D eigenvalue weighted by molar-refractivity contribution is 9.10. The predicted octanol–water partition coefficient (Wildman–Crippen LogP) is 3.89. The van der Waals surface area contributed by atoms with Gasteiger partial charge in [-0.3, -0.25) is 4.99 Å². The van der Waals surface area contributed by atoms with Crippen LogP contribution in [0.15, 0.2) is 62.8 Å². The van der Waals surface area contributed by atoms with Crippen LogP contribution < -0.4 is 5.69 Å². The summed E-state index contributed by atoms with van der Waals surface area (Å²) in [6, 6.07) is 14.8. The first-order valence-corrected chi connectivity index (χ1v) is 8.08. The molecule has 0 atom stereocenters. The third-order valence-corrected chi connectivity index (χ3v) is 4.32. The fraction of sp³-hybridized carbons (Fsp3) is 0. The predicted molar refractivity (Wildman–Crippen MR) is 98.2 cm³/mol. The summed E-state index contributed by atoms with van der Waals surface area (Å²) in [5.74, 6) is -0.129. The van der Waals surface area contributed by atoms with Crippen molar-refractivity contribution in [2.45, 2.75) is 0 Å². The molecule has 0 radical (unpaired) electrons. The number of aromatic hydroxyl groups is 1. The lowest BCUT2D eigenvalue weighted by atomic mass is 10.1. The Kier molecular flexibility index (Phi) is 3.46. The smallest absolute Gasteiger partial charge is 0.333 e. The van der Waals surface area contributed by atoms with Crippen molar-refractivity contribution in [3.05, 3.63) is 74.7 Å². The fourth-order valence-electron chi connectivity index (χ4n) is 2.69. The van der Waals surface area contributed by atoms with Crippen LogP contribution in [0.1, 0.15) is 11.3 Å². The van der Waals surface area contributed by atoms with Crippen molar-refractivity contribution in [1.82, 2.24) is 9.55 Å². The molecule has 1 aliphatic heterocycles. The van der Waals surface area contributed by atoms with E-state index in [-0.39, 0.29) is 5.88 Å². The zero-order chi connectivity index (χ0) is 16.7. The van der Waals surface area contributed by atoms with Crippen LogP contribution in [0.3, 0.4) is 0 Å². The maximum Gasteiger partial charge on any atom is 0.333 e. The second-order valence-electron chi connectivity index (χ2n) is 5.36. The molecule has 0 spiro atoms. The number of aliphatic imine (C=N–C) groups is 1. The van der Waals surface area contributed by atoms with Crippen LogP contribution in [0, 0.1) is 0 Å². The van der Waals surface area contributed by atoms with E-state index in [1.807, 2.05) is 36.4 Å². The number of benzene rings is 2. The Bertz CT molecular complexity index is 1050. The fourth-order valence-corrected chi connectivity index (χ4v) is 3.05. The minimum absolute atomic E-state index is 0.129. The van der Waals surface area contributed by atoms with E-state index in [0.717, 1.165) is 21.3 Å². The van der Waals surface area contributed by atoms with Crippen molar-refractivity contribution in [3.63, 3.8) is 0 Å². The molecule has 0 amide bonds. The SMILES string of the molecule is O=c1[nH]c(/C=C2\C=Nc3ccc(Br)cc32)c(O)n1-c1ccccc1. The van der Waals surface area contributed by atoms with E-state index in [9.17, 15) is 9.90 Å². The van der Waals surface area contributed by atoms with Crippen LogP contribution >= 0.6 is 15.9 Å². The molecule has 0 fully saturated rings. The number of nitrogens with one attached hydrogen (secondary N) is 1. The molecule has 2 N–H and O–H groups in total. The Balaban J connectivity index is 1.83. The molecule has 0 aliphatic carbocycles. The largest absolute Gasteiger partial charge is 0.493 e. The normalized spacial score (nSPS) is 14.3. The Hall–Kier alpha value is -2.86. The van der Waals surface area contributed by atoms with Crippen molar-refractivity contribution in [2.24, 2.45) is 4.99 Å². The summed E-state index contributed by atoms with van der Waals surface area (Å²) in [6.07, 6.45) is 3.44. The summed E-state index contributed by atoms with van der Waals surface area (Å²) in [7, 11) is 0. The van der Waals surface area contributed by atoms with Gasteiger partial charge in [0, 0.05) is 21.8 Å². The van der Waals surface area contributed by atoms with Crippen LogP contribution in [0.5, 0.6) is 5.88 Å². The summed E-state index contributed by atoms with van der Waals surface area (Å²) in [5, 5.41) is 10.5. The van der Waals surface area contributed by atoms with Gasteiger partial charge in [0.25, 0.3) is 0 Å². The van der Waals surface area contributed by atoms with Crippen molar-refractivity contribution >= 4 is 39.5 Å². The van der Waals surface area contributed by atoms with Crippen molar-refractivity contribution in [1.29, 1.82) is 0 Å². The first-order chi connectivity index (χ1) is 11.6. The van der Waals surface area contributed by atoms with Gasteiger partial charge >= 0.3 is 5.69 Å². The van der Waals surface area contributed by atoms with Gasteiger partial charge in [0.1, 0.15) is 5.69 Å². The number of fused-ring (bicyclic) bond motifs is 1. The van der Waals surface area contributed by atoms with Crippen LogP contribution in [-0.2, 0) is 0 Å². The number of para-hydroxylation sites is 1. The first kappa shape index (κ1) is 14.7. The maximum atomic E-state index is 12.2. The molecule has 1 aliphatic rings. The molecule has 0 bridgehead atoms. The van der Waals surface area contributed by atoms with Crippen LogP contribution in [0.25, 0.3) is 17.3 Å². The van der Waals surface area contributed by atoms with Gasteiger partial charge < -0.3 is 10.1 Å². The van der Waals surface area contributed by atoms with Gasteiger partial charge in [0.15, 0.2) is 0 Å². The van der Waals surface area contributed by atoms with E-state index in [0.29, 0.717) is 11.4 Å². The molecule has 0 unspecified atom stereocenters. The lowest BCUT2D eigenvalue weighted by molar-refractivity contribution is 0.440.